The molecule has 154 valence electrons. The number of ether oxygens (including phenoxy) is 2. The third-order valence-electron chi connectivity index (χ3n) is 5.90. The van der Waals surface area contributed by atoms with Gasteiger partial charge in [-0.05, 0) is 28.2 Å². The molecule has 0 heterocycles. The van der Waals surface area contributed by atoms with E-state index in [2.05, 4.69) is 12.1 Å². The predicted octanol–water partition coefficient (Wildman–Crippen LogP) is 3.99. The molecule has 0 fully saturated rings. The smallest absolute Gasteiger partial charge is 0.410 e. The number of rotatable bonds is 7. The van der Waals surface area contributed by atoms with Gasteiger partial charge in [-0.1, -0.05) is 62.4 Å². The normalized spacial score (nSPS) is 14.8. The molecule has 2 aromatic rings. The molecule has 0 saturated carbocycles. The molecule has 0 spiro atoms. The Hall–Kier alpha value is -2.86. The van der Waals surface area contributed by atoms with Crippen LogP contribution < -0.4 is 0 Å². The number of fused-ring (bicyclic) bond motifs is 3. The number of carboxylic acids is 1. The number of carboxylic acid groups (broad SMARTS) is 1. The highest BCUT2D eigenvalue weighted by atomic mass is 16.6. The number of likely N-dealkylation sites (N-methyl/N-ethyl adjacent to an activating group) is 1. The van der Waals surface area contributed by atoms with Gasteiger partial charge in [0.25, 0.3) is 0 Å². The maximum atomic E-state index is 12.8. The number of hydrogen-bond acceptors (Lipinski definition) is 4. The number of nitrogens with zero attached hydrogens (tertiary/aromatic N) is 1. The highest BCUT2D eigenvalue weighted by molar-refractivity contribution is 5.85. The first-order chi connectivity index (χ1) is 13.8. The van der Waals surface area contributed by atoms with Gasteiger partial charge in [0.2, 0.25) is 0 Å². The van der Waals surface area contributed by atoms with Gasteiger partial charge in [0.1, 0.15) is 6.61 Å². The van der Waals surface area contributed by atoms with Crippen molar-refractivity contribution in [2.45, 2.75) is 25.3 Å². The molecule has 6 heteroatoms. The Morgan fingerprint density at radius 3 is 2.03 bits per heavy atom. The predicted molar refractivity (Wildman–Crippen MR) is 110 cm³/mol. The quantitative estimate of drug-likeness (QED) is 0.764. The van der Waals surface area contributed by atoms with Crippen molar-refractivity contribution in [2.24, 2.45) is 5.92 Å². The largest absolute Gasteiger partial charge is 0.479 e. The van der Waals surface area contributed by atoms with Crippen LogP contribution in [-0.2, 0) is 14.3 Å². The maximum Gasteiger partial charge on any atom is 0.410 e. The van der Waals surface area contributed by atoms with Crippen LogP contribution in [0, 0.1) is 5.92 Å². The van der Waals surface area contributed by atoms with Gasteiger partial charge in [0.15, 0.2) is 5.54 Å². The fraction of sp³-hybridized carbons (Fsp3) is 0.391. The minimum Gasteiger partial charge on any atom is -0.479 e. The average Bonchev–Trinajstić information content (AvgIpc) is 3.03. The Balaban J connectivity index is 1.82. The van der Waals surface area contributed by atoms with Gasteiger partial charge in [0.05, 0.1) is 6.61 Å². The SMILES string of the molecule is COCC(C(=O)O)(C(C)C)N(C)C(=O)OCC1c2ccccc2-c2ccccc21. The topological polar surface area (TPSA) is 76.1 Å². The summed E-state index contributed by atoms with van der Waals surface area (Å²) in [4.78, 5) is 26.0. The van der Waals surface area contributed by atoms with Crippen molar-refractivity contribution in [3.05, 3.63) is 59.7 Å². The van der Waals surface area contributed by atoms with Crippen LogP contribution in [0.5, 0.6) is 0 Å². The van der Waals surface area contributed by atoms with Gasteiger partial charge in [-0.2, -0.15) is 0 Å². The average molecular weight is 397 g/mol. The molecule has 1 N–H and O–H groups in total. The van der Waals surface area contributed by atoms with Gasteiger partial charge in [0, 0.05) is 20.1 Å². The summed E-state index contributed by atoms with van der Waals surface area (Å²) in [5, 5.41) is 9.86. The number of methoxy groups -OCH3 is 1. The lowest BCUT2D eigenvalue weighted by Gasteiger charge is -2.40. The Bertz CT molecular complexity index is 864. The van der Waals surface area contributed by atoms with E-state index in [1.807, 2.05) is 36.4 Å². The zero-order chi connectivity index (χ0) is 21.2. The Morgan fingerprint density at radius 2 is 1.59 bits per heavy atom. The van der Waals surface area contributed by atoms with Crippen molar-refractivity contribution in [1.29, 1.82) is 0 Å². The monoisotopic (exact) mass is 397 g/mol. The Labute approximate surface area is 171 Å². The second-order valence-electron chi connectivity index (χ2n) is 7.68. The van der Waals surface area contributed by atoms with Crippen molar-refractivity contribution in [3.63, 3.8) is 0 Å². The zero-order valence-corrected chi connectivity index (χ0v) is 17.2. The van der Waals surface area contributed by atoms with Crippen LogP contribution in [0.25, 0.3) is 11.1 Å². The van der Waals surface area contributed by atoms with Crippen LogP contribution in [-0.4, -0.2) is 55.0 Å². The zero-order valence-electron chi connectivity index (χ0n) is 17.2. The molecule has 29 heavy (non-hydrogen) atoms. The van der Waals surface area contributed by atoms with Gasteiger partial charge in [-0.3, -0.25) is 4.90 Å². The molecule has 0 radical (unpaired) electrons. The first-order valence-electron chi connectivity index (χ1n) is 9.65. The molecule has 0 bridgehead atoms. The molecule has 2 aromatic carbocycles. The summed E-state index contributed by atoms with van der Waals surface area (Å²) in [6.07, 6.45) is -0.681. The molecule has 1 aliphatic rings. The molecule has 1 unspecified atom stereocenters. The van der Waals surface area contributed by atoms with Gasteiger partial charge < -0.3 is 14.6 Å². The number of hydrogen-bond donors (Lipinski definition) is 1. The van der Waals surface area contributed by atoms with Gasteiger partial charge in [-0.15, -0.1) is 0 Å². The minimum absolute atomic E-state index is 0.0829. The molecule has 1 atom stereocenters. The van der Waals surface area contributed by atoms with Gasteiger partial charge >= 0.3 is 12.1 Å². The van der Waals surface area contributed by atoms with Crippen LogP contribution in [0.4, 0.5) is 4.79 Å². The summed E-state index contributed by atoms with van der Waals surface area (Å²) in [5.74, 6) is -1.57. The summed E-state index contributed by atoms with van der Waals surface area (Å²) >= 11 is 0. The third-order valence-corrected chi connectivity index (χ3v) is 5.90. The summed E-state index contributed by atoms with van der Waals surface area (Å²) in [6, 6.07) is 16.1. The van der Waals surface area contributed by atoms with E-state index in [4.69, 9.17) is 9.47 Å². The number of carbonyl (C=O) groups excluding carboxylic acids is 1. The standard InChI is InChI=1S/C23H27NO5/c1-15(2)23(14-28-4,21(25)26)24(3)22(27)29-13-20-18-11-7-5-9-16(18)17-10-6-8-12-19(17)20/h5-12,15,20H,13-14H2,1-4H3,(H,25,26). The van der Waals surface area contributed by atoms with E-state index in [-0.39, 0.29) is 25.0 Å². The fourth-order valence-corrected chi connectivity index (χ4v) is 4.18. The van der Waals surface area contributed by atoms with E-state index in [1.165, 1.54) is 14.2 Å². The lowest BCUT2D eigenvalue weighted by molar-refractivity contribution is -0.157. The Morgan fingerprint density at radius 1 is 1.07 bits per heavy atom. The molecular formula is C23H27NO5. The van der Waals surface area contributed by atoms with E-state index in [1.54, 1.807) is 13.8 Å². The van der Waals surface area contributed by atoms with Crippen LogP contribution in [0.1, 0.15) is 30.9 Å². The molecule has 1 aliphatic carbocycles. The van der Waals surface area contributed by atoms with Crippen LogP contribution >= 0.6 is 0 Å². The lowest BCUT2D eigenvalue weighted by atomic mass is 9.86. The fourth-order valence-electron chi connectivity index (χ4n) is 4.18. The molecule has 6 nitrogen and oxygen atoms in total. The van der Waals surface area contributed by atoms with Crippen molar-refractivity contribution >= 4 is 12.1 Å². The van der Waals surface area contributed by atoms with E-state index in [0.717, 1.165) is 27.2 Å². The number of amides is 1. The van der Waals surface area contributed by atoms with Crippen molar-refractivity contribution < 1.29 is 24.2 Å². The first-order valence-corrected chi connectivity index (χ1v) is 9.65. The summed E-state index contributed by atoms with van der Waals surface area (Å²) in [6.45, 7) is 3.51. The second kappa shape index (κ2) is 8.25. The van der Waals surface area contributed by atoms with Crippen molar-refractivity contribution in [1.82, 2.24) is 4.90 Å². The Kier molecular flexibility index (Phi) is 5.94. The van der Waals surface area contributed by atoms with Gasteiger partial charge in [-0.25, -0.2) is 9.59 Å². The summed E-state index contributed by atoms with van der Waals surface area (Å²) in [7, 11) is 2.87. The minimum atomic E-state index is -1.50. The molecule has 0 aromatic heterocycles. The van der Waals surface area contributed by atoms with E-state index >= 15 is 0 Å². The van der Waals surface area contributed by atoms with Crippen LogP contribution in [0.2, 0.25) is 0 Å². The molecule has 3 rings (SSSR count). The van der Waals surface area contributed by atoms with Crippen LogP contribution in [0.15, 0.2) is 48.5 Å². The first kappa shape index (κ1) is 20.9. The number of carbonyl (C=O) groups is 2. The lowest BCUT2D eigenvalue weighted by Crippen LogP contribution is -2.61. The summed E-state index contributed by atoms with van der Waals surface area (Å²) in [5.41, 5.74) is 2.99. The number of aliphatic carboxylic acids is 1. The van der Waals surface area contributed by atoms with E-state index < -0.39 is 17.6 Å². The maximum absolute atomic E-state index is 12.8. The molecular weight excluding hydrogens is 370 g/mol. The van der Waals surface area contributed by atoms with Crippen molar-refractivity contribution in [2.75, 3.05) is 27.4 Å². The number of benzene rings is 2. The van der Waals surface area contributed by atoms with E-state index in [0.29, 0.717) is 0 Å². The van der Waals surface area contributed by atoms with Crippen molar-refractivity contribution in [3.8, 4) is 11.1 Å². The van der Waals surface area contributed by atoms with Crippen LogP contribution in [0.3, 0.4) is 0 Å². The molecule has 0 saturated heterocycles. The highest BCUT2D eigenvalue weighted by Crippen LogP contribution is 2.44. The second-order valence-corrected chi connectivity index (χ2v) is 7.68. The third kappa shape index (κ3) is 3.49. The van der Waals surface area contributed by atoms with E-state index in [9.17, 15) is 14.7 Å². The highest BCUT2D eigenvalue weighted by Gasteiger charge is 2.49. The summed E-state index contributed by atoms with van der Waals surface area (Å²) < 4.78 is 10.8. The molecule has 0 aliphatic heterocycles. The molecule has 1 amide bonds.